The minimum Gasteiger partial charge on any atom is -0.385 e. The molecule has 1 aromatic rings. The summed E-state index contributed by atoms with van der Waals surface area (Å²) in [5.41, 5.74) is 0. The van der Waals surface area contributed by atoms with Crippen molar-refractivity contribution in [3.05, 3.63) is 21.9 Å². The predicted octanol–water partition coefficient (Wildman–Crippen LogP) is 3.36. The lowest BCUT2D eigenvalue weighted by atomic mass is 10.2. The molecule has 1 rings (SSSR count). The highest BCUT2D eigenvalue weighted by Crippen LogP contribution is 2.16. The van der Waals surface area contributed by atoms with E-state index < -0.39 is 0 Å². The topological polar surface area (TPSA) is 45.7 Å². The lowest BCUT2D eigenvalue weighted by Gasteiger charge is -2.17. The van der Waals surface area contributed by atoms with Crippen LogP contribution in [0.15, 0.2) is 17.1 Å². The zero-order valence-electron chi connectivity index (χ0n) is 14.4. The van der Waals surface area contributed by atoms with Crippen LogP contribution >= 0.6 is 11.3 Å². The van der Waals surface area contributed by atoms with E-state index in [1.54, 1.807) is 7.11 Å². The molecule has 1 atom stereocenters. The van der Waals surface area contributed by atoms with E-state index in [1.165, 1.54) is 16.2 Å². The number of rotatable bonds is 10. The highest BCUT2D eigenvalue weighted by atomic mass is 32.1. The van der Waals surface area contributed by atoms with Gasteiger partial charge in [0.05, 0.1) is 0 Å². The molecule has 5 heteroatoms. The maximum Gasteiger partial charge on any atom is 0.191 e. The van der Waals surface area contributed by atoms with E-state index in [0.29, 0.717) is 6.04 Å². The molecule has 0 fully saturated rings. The molecular weight excluding hydrogens is 294 g/mol. The molecule has 1 aromatic heterocycles. The van der Waals surface area contributed by atoms with Crippen molar-refractivity contribution < 1.29 is 4.74 Å². The van der Waals surface area contributed by atoms with Gasteiger partial charge in [0.25, 0.3) is 0 Å². The van der Waals surface area contributed by atoms with E-state index in [0.717, 1.165) is 44.9 Å². The third-order valence-electron chi connectivity index (χ3n) is 3.31. The van der Waals surface area contributed by atoms with Crippen molar-refractivity contribution in [1.29, 1.82) is 0 Å². The molecule has 0 bridgehead atoms. The molecule has 1 heterocycles. The van der Waals surface area contributed by atoms with E-state index in [-0.39, 0.29) is 0 Å². The quantitative estimate of drug-likeness (QED) is 0.394. The molecule has 0 aliphatic rings. The number of aryl methyl sites for hydroxylation is 1. The third kappa shape index (κ3) is 8.39. The fourth-order valence-corrected chi connectivity index (χ4v) is 3.25. The van der Waals surface area contributed by atoms with Crippen LogP contribution in [0.2, 0.25) is 0 Å². The van der Waals surface area contributed by atoms with Crippen molar-refractivity contribution >= 4 is 17.3 Å². The number of hydrogen-bond acceptors (Lipinski definition) is 3. The van der Waals surface area contributed by atoms with Gasteiger partial charge in [0, 0.05) is 49.0 Å². The van der Waals surface area contributed by atoms with Gasteiger partial charge in [0.1, 0.15) is 0 Å². The molecular formula is C17H31N3OS. The average molecular weight is 326 g/mol. The highest BCUT2D eigenvalue weighted by molar-refractivity contribution is 7.11. The van der Waals surface area contributed by atoms with Crippen LogP contribution in [0.1, 0.15) is 42.9 Å². The number of ether oxygens (including phenoxy) is 1. The van der Waals surface area contributed by atoms with Crippen molar-refractivity contribution in [2.45, 2.75) is 52.5 Å². The summed E-state index contributed by atoms with van der Waals surface area (Å²) in [6, 6.07) is 4.79. The van der Waals surface area contributed by atoms with E-state index in [4.69, 9.17) is 4.74 Å². The summed E-state index contributed by atoms with van der Waals surface area (Å²) < 4.78 is 5.06. The van der Waals surface area contributed by atoms with Crippen LogP contribution in [0.3, 0.4) is 0 Å². The standard InChI is InChI=1S/C17H31N3OS/c1-5-18-17(19-11-7-6-8-12-21-4)20-14(2)13-16-10-9-15(3)22-16/h9-10,14H,5-8,11-13H2,1-4H3,(H2,18,19,20). The average Bonchev–Trinajstić information content (AvgIpc) is 2.87. The Balaban J connectivity index is 2.34. The summed E-state index contributed by atoms with van der Waals surface area (Å²) in [6.45, 7) is 9.06. The Morgan fingerprint density at radius 3 is 2.77 bits per heavy atom. The minimum absolute atomic E-state index is 0.379. The summed E-state index contributed by atoms with van der Waals surface area (Å²) >= 11 is 1.87. The van der Waals surface area contributed by atoms with Gasteiger partial charge in [-0.2, -0.15) is 0 Å². The Morgan fingerprint density at radius 1 is 1.32 bits per heavy atom. The van der Waals surface area contributed by atoms with Crippen molar-refractivity contribution in [2.75, 3.05) is 26.8 Å². The monoisotopic (exact) mass is 325 g/mol. The second-order valence-electron chi connectivity index (χ2n) is 5.58. The number of nitrogens with zero attached hydrogens (tertiary/aromatic N) is 1. The largest absolute Gasteiger partial charge is 0.385 e. The summed E-state index contributed by atoms with van der Waals surface area (Å²) in [5, 5.41) is 6.82. The number of unbranched alkanes of at least 4 members (excludes halogenated alkanes) is 2. The first-order valence-corrected chi connectivity index (χ1v) is 9.06. The van der Waals surface area contributed by atoms with Gasteiger partial charge in [0.2, 0.25) is 0 Å². The summed E-state index contributed by atoms with van der Waals surface area (Å²) in [5.74, 6) is 0.926. The van der Waals surface area contributed by atoms with Crippen LogP contribution in [-0.4, -0.2) is 38.8 Å². The fourth-order valence-electron chi connectivity index (χ4n) is 2.23. The van der Waals surface area contributed by atoms with Crippen molar-refractivity contribution in [3.8, 4) is 0 Å². The number of guanidine groups is 1. The van der Waals surface area contributed by atoms with E-state index in [2.05, 4.69) is 48.5 Å². The second kappa shape index (κ2) is 11.5. The zero-order chi connectivity index (χ0) is 16.2. The summed E-state index contributed by atoms with van der Waals surface area (Å²) in [4.78, 5) is 7.45. The molecule has 4 nitrogen and oxygen atoms in total. The minimum atomic E-state index is 0.379. The van der Waals surface area contributed by atoms with E-state index >= 15 is 0 Å². The molecule has 2 N–H and O–H groups in total. The molecule has 0 radical (unpaired) electrons. The Kier molecular flexibility index (Phi) is 9.91. The first-order chi connectivity index (χ1) is 10.7. The summed E-state index contributed by atoms with van der Waals surface area (Å²) in [7, 11) is 1.75. The fraction of sp³-hybridized carbons (Fsp3) is 0.706. The van der Waals surface area contributed by atoms with Crippen LogP contribution in [-0.2, 0) is 11.2 Å². The van der Waals surface area contributed by atoms with Gasteiger partial charge in [0.15, 0.2) is 5.96 Å². The van der Waals surface area contributed by atoms with Crippen molar-refractivity contribution in [3.63, 3.8) is 0 Å². The zero-order valence-corrected chi connectivity index (χ0v) is 15.3. The Hall–Kier alpha value is -1.07. The van der Waals surface area contributed by atoms with Crippen molar-refractivity contribution in [1.82, 2.24) is 10.6 Å². The van der Waals surface area contributed by atoms with Gasteiger partial charge < -0.3 is 15.4 Å². The van der Waals surface area contributed by atoms with Gasteiger partial charge in [-0.3, -0.25) is 4.99 Å². The maximum atomic E-state index is 5.06. The Morgan fingerprint density at radius 2 is 2.14 bits per heavy atom. The van der Waals surface area contributed by atoms with Crippen LogP contribution in [0, 0.1) is 6.92 Å². The molecule has 1 unspecified atom stereocenters. The molecule has 0 spiro atoms. The molecule has 22 heavy (non-hydrogen) atoms. The SMILES string of the molecule is CCNC(=NCCCCCOC)NC(C)Cc1ccc(C)s1. The normalized spacial score (nSPS) is 13.2. The predicted molar refractivity (Wildman–Crippen MR) is 97.1 cm³/mol. The molecule has 0 aromatic carbocycles. The highest BCUT2D eigenvalue weighted by Gasteiger charge is 2.07. The van der Waals surface area contributed by atoms with Gasteiger partial charge in [-0.25, -0.2) is 0 Å². The number of nitrogens with one attached hydrogen (secondary N) is 2. The van der Waals surface area contributed by atoms with Gasteiger partial charge in [-0.1, -0.05) is 0 Å². The van der Waals surface area contributed by atoms with Gasteiger partial charge in [-0.15, -0.1) is 11.3 Å². The molecule has 0 aliphatic carbocycles. The Bertz CT molecular complexity index is 431. The van der Waals surface area contributed by atoms with E-state index in [1.807, 2.05) is 11.3 Å². The second-order valence-corrected chi connectivity index (χ2v) is 6.95. The number of hydrogen-bond donors (Lipinski definition) is 2. The van der Waals surface area contributed by atoms with Crippen LogP contribution in [0.25, 0.3) is 0 Å². The molecule has 0 saturated carbocycles. The van der Waals surface area contributed by atoms with Crippen molar-refractivity contribution in [2.24, 2.45) is 4.99 Å². The number of thiophene rings is 1. The third-order valence-corrected chi connectivity index (χ3v) is 4.33. The van der Waals surface area contributed by atoms with Gasteiger partial charge in [-0.05, 0) is 52.2 Å². The lowest BCUT2D eigenvalue weighted by Crippen LogP contribution is -2.43. The smallest absolute Gasteiger partial charge is 0.191 e. The summed E-state index contributed by atoms with van der Waals surface area (Å²) in [6.07, 6.45) is 4.43. The maximum absolute atomic E-state index is 5.06. The molecule has 0 saturated heterocycles. The molecule has 126 valence electrons. The molecule has 0 aliphatic heterocycles. The number of aliphatic imine (C=N–C) groups is 1. The first kappa shape index (κ1) is 19.0. The van der Waals surface area contributed by atoms with Crippen LogP contribution < -0.4 is 10.6 Å². The number of methoxy groups -OCH3 is 1. The molecule has 0 amide bonds. The van der Waals surface area contributed by atoms with Gasteiger partial charge >= 0.3 is 0 Å². The van der Waals surface area contributed by atoms with Crippen LogP contribution in [0.4, 0.5) is 0 Å². The first-order valence-electron chi connectivity index (χ1n) is 8.24. The lowest BCUT2D eigenvalue weighted by molar-refractivity contribution is 0.192. The van der Waals surface area contributed by atoms with E-state index in [9.17, 15) is 0 Å². The van der Waals surface area contributed by atoms with Crippen LogP contribution in [0.5, 0.6) is 0 Å². The Labute approximate surface area is 139 Å².